The lowest BCUT2D eigenvalue weighted by Gasteiger charge is -2.26. The standard InChI is InChI=1S/C17H29N3/c1-14-13-20(16-11-7-2-3-8-12-16)17(18-14)19-15-9-5-4-6-10-15/h13,15-16H,2-12H2,1H3,(H,18,19). The van der Waals surface area contributed by atoms with Crippen LogP contribution < -0.4 is 5.32 Å². The van der Waals surface area contributed by atoms with Gasteiger partial charge in [0.25, 0.3) is 0 Å². The molecule has 0 unspecified atom stereocenters. The third kappa shape index (κ3) is 3.36. The molecule has 1 aromatic heterocycles. The molecule has 0 amide bonds. The normalized spacial score (nSPS) is 22.6. The first kappa shape index (κ1) is 14.0. The van der Waals surface area contributed by atoms with Crippen molar-refractivity contribution in [2.45, 2.75) is 89.6 Å². The van der Waals surface area contributed by atoms with Crippen LogP contribution in [0.4, 0.5) is 5.95 Å². The van der Waals surface area contributed by atoms with Crippen molar-refractivity contribution >= 4 is 5.95 Å². The van der Waals surface area contributed by atoms with Crippen molar-refractivity contribution < 1.29 is 0 Å². The van der Waals surface area contributed by atoms with Crippen LogP contribution in [0.3, 0.4) is 0 Å². The highest BCUT2D eigenvalue weighted by molar-refractivity contribution is 5.31. The van der Waals surface area contributed by atoms with Crippen LogP contribution in [0.15, 0.2) is 6.20 Å². The molecule has 0 saturated heterocycles. The van der Waals surface area contributed by atoms with E-state index in [1.54, 1.807) is 0 Å². The Morgan fingerprint density at radius 3 is 2.25 bits per heavy atom. The molecule has 0 radical (unpaired) electrons. The summed E-state index contributed by atoms with van der Waals surface area (Å²) in [5, 5.41) is 3.74. The summed E-state index contributed by atoms with van der Waals surface area (Å²) in [6.45, 7) is 2.12. The Morgan fingerprint density at radius 2 is 1.55 bits per heavy atom. The zero-order chi connectivity index (χ0) is 13.8. The zero-order valence-electron chi connectivity index (χ0n) is 12.9. The molecule has 0 aromatic carbocycles. The van der Waals surface area contributed by atoms with Crippen LogP contribution in [0.2, 0.25) is 0 Å². The van der Waals surface area contributed by atoms with Crippen molar-refractivity contribution in [3.05, 3.63) is 11.9 Å². The largest absolute Gasteiger partial charge is 0.353 e. The van der Waals surface area contributed by atoms with Crippen molar-refractivity contribution in [2.24, 2.45) is 0 Å². The first-order valence-electron chi connectivity index (χ1n) is 8.65. The fraction of sp³-hybridized carbons (Fsp3) is 0.824. The Morgan fingerprint density at radius 1 is 0.950 bits per heavy atom. The van der Waals surface area contributed by atoms with Gasteiger partial charge in [0, 0.05) is 18.3 Å². The molecule has 1 heterocycles. The second-order valence-corrected chi connectivity index (χ2v) is 6.74. The van der Waals surface area contributed by atoms with E-state index in [0.29, 0.717) is 12.1 Å². The van der Waals surface area contributed by atoms with Gasteiger partial charge in [0.15, 0.2) is 0 Å². The molecule has 3 nitrogen and oxygen atoms in total. The fourth-order valence-corrected chi connectivity index (χ4v) is 3.87. The third-order valence-electron chi connectivity index (χ3n) is 5.01. The predicted molar refractivity (Wildman–Crippen MR) is 84.2 cm³/mol. The maximum atomic E-state index is 4.76. The Hall–Kier alpha value is -0.990. The molecule has 1 aromatic rings. The first-order chi connectivity index (χ1) is 9.83. The molecule has 0 bridgehead atoms. The van der Waals surface area contributed by atoms with E-state index in [1.807, 2.05) is 0 Å². The van der Waals surface area contributed by atoms with Gasteiger partial charge in [0.1, 0.15) is 0 Å². The summed E-state index contributed by atoms with van der Waals surface area (Å²) in [6, 6.07) is 1.32. The minimum absolute atomic E-state index is 0.648. The van der Waals surface area contributed by atoms with Gasteiger partial charge in [0.05, 0.1) is 5.69 Å². The highest BCUT2D eigenvalue weighted by Crippen LogP contribution is 2.31. The number of nitrogens with one attached hydrogen (secondary N) is 1. The van der Waals surface area contributed by atoms with Crippen LogP contribution in [0, 0.1) is 6.92 Å². The van der Waals surface area contributed by atoms with Gasteiger partial charge in [-0.05, 0) is 32.6 Å². The lowest BCUT2D eigenvalue weighted by molar-refractivity contribution is 0.432. The Bertz CT molecular complexity index is 410. The van der Waals surface area contributed by atoms with Gasteiger partial charge >= 0.3 is 0 Å². The van der Waals surface area contributed by atoms with Gasteiger partial charge in [-0.1, -0.05) is 44.9 Å². The predicted octanol–water partition coefficient (Wildman–Crippen LogP) is 4.83. The van der Waals surface area contributed by atoms with E-state index in [4.69, 9.17) is 4.98 Å². The number of aromatic nitrogens is 2. The maximum absolute atomic E-state index is 4.76. The minimum atomic E-state index is 0.648. The molecule has 2 saturated carbocycles. The molecule has 3 heteroatoms. The zero-order valence-corrected chi connectivity index (χ0v) is 12.9. The maximum Gasteiger partial charge on any atom is 0.203 e. The SMILES string of the molecule is Cc1cn(C2CCCCCC2)c(NC2CCCCC2)n1. The van der Waals surface area contributed by atoms with Gasteiger partial charge in [-0.3, -0.25) is 0 Å². The fourth-order valence-electron chi connectivity index (χ4n) is 3.87. The number of imidazole rings is 1. The quantitative estimate of drug-likeness (QED) is 0.801. The lowest BCUT2D eigenvalue weighted by Crippen LogP contribution is -2.25. The van der Waals surface area contributed by atoms with E-state index in [0.717, 1.165) is 11.6 Å². The van der Waals surface area contributed by atoms with Crippen molar-refractivity contribution in [3.63, 3.8) is 0 Å². The van der Waals surface area contributed by atoms with Gasteiger partial charge in [0.2, 0.25) is 5.95 Å². The summed E-state index contributed by atoms with van der Waals surface area (Å²) in [6.07, 6.45) is 17.3. The number of hydrogen-bond acceptors (Lipinski definition) is 2. The summed E-state index contributed by atoms with van der Waals surface area (Å²) in [5.74, 6) is 1.14. The van der Waals surface area contributed by atoms with Crippen LogP contribution in [-0.2, 0) is 0 Å². The number of nitrogens with zero attached hydrogens (tertiary/aromatic N) is 2. The summed E-state index contributed by atoms with van der Waals surface area (Å²) in [5.41, 5.74) is 1.16. The number of anilines is 1. The van der Waals surface area contributed by atoms with E-state index >= 15 is 0 Å². The molecule has 3 rings (SSSR count). The molecule has 2 fully saturated rings. The van der Waals surface area contributed by atoms with Crippen LogP contribution in [-0.4, -0.2) is 15.6 Å². The molecule has 0 atom stereocenters. The first-order valence-corrected chi connectivity index (χ1v) is 8.65. The van der Waals surface area contributed by atoms with Crippen LogP contribution in [0.1, 0.15) is 82.4 Å². The van der Waals surface area contributed by atoms with Crippen molar-refractivity contribution in [2.75, 3.05) is 5.32 Å². The van der Waals surface area contributed by atoms with Crippen molar-refractivity contribution in [3.8, 4) is 0 Å². The molecule has 2 aliphatic rings. The van der Waals surface area contributed by atoms with Gasteiger partial charge in [-0.2, -0.15) is 0 Å². The summed E-state index contributed by atoms with van der Waals surface area (Å²) in [7, 11) is 0. The molecule has 112 valence electrons. The minimum Gasteiger partial charge on any atom is -0.353 e. The van der Waals surface area contributed by atoms with Gasteiger partial charge in [-0.15, -0.1) is 0 Å². The average Bonchev–Trinajstić information content (AvgIpc) is 2.68. The highest BCUT2D eigenvalue weighted by Gasteiger charge is 2.20. The molecule has 1 N–H and O–H groups in total. The molecular formula is C17H29N3. The Labute approximate surface area is 123 Å². The lowest BCUT2D eigenvalue weighted by atomic mass is 9.96. The average molecular weight is 275 g/mol. The highest BCUT2D eigenvalue weighted by atomic mass is 15.2. The van der Waals surface area contributed by atoms with Crippen LogP contribution >= 0.6 is 0 Å². The molecular weight excluding hydrogens is 246 g/mol. The molecule has 20 heavy (non-hydrogen) atoms. The monoisotopic (exact) mass is 275 g/mol. The molecule has 0 aliphatic heterocycles. The van der Waals surface area contributed by atoms with Crippen LogP contribution in [0.5, 0.6) is 0 Å². The number of rotatable bonds is 3. The second-order valence-electron chi connectivity index (χ2n) is 6.74. The summed E-state index contributed by atoms with van der Waals surface area (Å²) < 4.78 is 2.45. The Kier molecular flexibility index (Phi) is 4.64. The summed E-state index contributed by atoms with van der Waals surface area (Å²) >= 11 is 0. The van der Waals surface area contributed by atoms with E-state index in [1.165, 1.54) is 70.6 Å². The Balaban J connectivity index is 1.72. The van der Waals surface area contributed by atoms with E-state index in [2.05, 4.69) is 23.0 Å². The van der Waals surface area contributed by atoms with Gasteiger partial charge in [-0.25, -0.2) is 4.98 Å². The second kappa shape index (κ2) is 6.64. The molecule has 2 aliphatic carbocycles. The smallest absolute Gasteiger partial charge is 0.203 e. The van der Waals surface area contributed by atoms with Crippen molar-refractivity contribution in [1.29, 1.82) is 0 Å². The van der Waals surface area contributed by atoms with E-state index in [-0.39, 0.29) is 0 Å². The van der Waals surface area contributed by atoms with E-state index in [9.17, 15) is 0 Å². The summed E-state index contributed by atoms with van der Waals surface area (Å²) in [4.78, 5) is 4.76. The number of aryl methyl sites for hydroxylation is 1. The van der Waals surface area contributed by atoms with E-state index < -0.39 is 0 Å². The van der Waals surface area contributed by atoms with Crippen molar-refractivity contribution in [1.82, 2.24) is 9.55 Å². The van der Waals surface area contributed by atoms with Gasteiger partial charge < -0.3 is 9.88 Å². The van der Waals surface area contributed by atoms with Crippen LogP contribution in [0.25, 0.3) is 0 Å². The topological polar surface area (TPSA) is 29.9 Å². The third-order valence-corrected chi connectivity index (χ3v) is 5.01. The molecule has 0 spiro atoms. The number of hydrogen-bond donors (Lipinski definition) is 1.